The minimum Gasteiger partial charge on any atom is -0.480 e. The maximum absolute atomic E-state index is 12.5. The van der Waals surface area contributed by atoms with E-state index in [1.165, 1.54) is 12.0 Å². The Morgan fingerprint density at radius 3 is 2.75 bits per heavy atom. The van der Waals surface area contributed by atoms with E-state index in [0.29, 0.717) is 11.1 Å². The molecule has 1 aromatic carbocycles. The first kappa shape index (κ1) is 14.5. The number of amides is 1. The van der Waals surface area contributed by atoms with E-state index >= 15 is 0 Å². The Labute approximate surface area is 116 Å². The first-order chi connectivity index (χ1) is 9.54. The molecule has 108 valence electrons. The standard InChI is InChI=1S/C14H17NO5/c1-20-8-9-4-2-3-5-11(9)13(17)15-7-10(16)6-12(15)14(18)19/h2-5,10,12,16H,6-8H2,1H3,(H,18,19)/t10-,12+/m1/s1. The molecule has 2 N–H and O–H groups in total. The van der Waals surface area contributed by atoms with E-state index in [-0.39, 0.29) is 25.5 Å². The van der Waals surface area contributed by atoms with E-state index in [1.807, 2.05) is 0 Å². The number of β-amino-alcohol motifs (C(OH)–C–C–N with tert-alkyl or cyclic N) is 1. The Kier molecular flexibility index (Phi) is 4.36. The molecule has 0 saturated carbocycles. The zero-order valence-electron chi connectivity index (χ0n) is 11.2. The van der Waals surface area contributed by atoms with Crippen molar-refractivity contribution >= 4 is 11.9 Å². The number of benzene rings is 1. The second kappa shape index (κ2) is 6.02. The van der Waals surface area contributed by atoms with Crippen LogP contribution < -0.4 is 0 Å². The number of aliphatic hydroxyl groups excluding tert-OH is 1. The molecular weight excluding hydrogens is 262 g/mol. The molecule has 1 heterocycles. The van der Waals surface area contributed by atoms with Crippen LogP contribution in [0.15, 0.2) is 24.3 Å². The lowest BCUT2D eigenvalue weighted by Crippen LogP contribution is -2.41. The molecule has 0 radical (unpaired) electrons. The molecule has 6 nitrogen and oxygen atoms in total. The molecule has 1 amide bonds. The highest BCUT2D eigenvalue weighted by atomic mass is 16.5. The molecule has 1 saturated heterocycles. The molecule has 0 spiro atoms. The van der Waals surface area contributed by atoms with Crippen molar-refractivity contribution in [3.05, 3.63) is 35.4 Å². The molecule has 1 aliphatic heterocycles. The van der Waals surface area contributed by atoms with Gasteiger partial charge in [-0.1, -0.05) is 18.2 Å². The molecular formula is C14H17NO5. The Bertz CT molecular complexity index is 516. The second-order valence-electron chi connectivity index (χ2n) is 4.79. The summed E-state index contributed by atoms with van der Waals surface area (Å²) in [7, 11) is 1.53. The number of carbonyl (C=O) groups is 2. The zero-order valence-corrected chi connectivity index (χ0v) is 11.2. The van der Waals surface area contributed by atoms with Gasteiger partial charge in [-0.05, 0) is 11.6 Å². The number of aliphatic hydroxyl groups is 1. The predicted octanol–water partition coefficient (Wildman–Crippen LogP) is 0.493. The Hall–Kier alpha value is -1.92. The van der Waals surface area contributed by atoms with E-state index in [4.69, 9.17) is 9.84 Å². The molecule has 2 rings (SSSR count). The maximum Gasteiger partial charge on any atom is 0.326 e. The van der Waals surface area contributed by atoms with Crippen molar-refractivity contribution in [3.8, 4) is 0 Å². The number of ether oxygens (including phenoxy) is 1. The van der Waals surface area contributed by atoms with Gasteiger partial charge in [-0.25, -0.2) is 4.79 Å². The first-order valence-corrected chi connectivity index (χ1v) is 6.33. The Balaban J connectivity index is 2.29. The predicted molar refractivity (Wildman–Crippen MR) is 70.2 cm³/mol. The Morgan fingerprint density at radius 2 is 2.10 bits per heavy atom. The summed E-state index contributed by atoms with van der Waals surface area (Å²) in [5.74, 6) is -1.49. The van der Waals surface area contributed by atoms with Crippen LogP contribution in [0.3, 0.4) is 0 Å². The van der Waals surface area contributed by atoms with Gasteiger partial charge < -0.3 is 19.8 Å². The van der Waals surface area contributed by atoms with Crippen LogP contribution in [0.25, 0.3) is 0 Å². The van der Waals surface area contributed by atoms with Crippen molar-refractivity contribution in [2.75, 3.05) is 13.7 Å². The summed E-state index contributed by atoms with van der Waals surface area (Å²) in [5, 5.41) is 18.7. The zero-order chi connectivity index (χ0) is 14.7. The molecule has 0 aromatic heterocycles. The topological polar surface area (TPSA) is 87.1 Å². The number of hydrogen-bond acceptors (Lipinski definition) is 4. The van der Waals surface area contributed by atoms with Crippen LogP contribution in [0.2, 0.25) is 0 Å². The summed E-state index contributed by atoms with van der Waals surface area (Å²) in [6.45, 7) is 0.313. The summed E-state index contributed by atoms with van der Waals surface area (Å²) < 4.78 is 5.04. The molecule has 1 fully saturated rings. The van der Waals surface area contributed by atoms with Gasteiger partial charge in [0.1, 0.15) is 6.04 Å². The van der Waals surface area contributed by atoms with Crippen LogP contribution in [0.5, 0.6) is 0 Å². The number of hydrogen-bond donors (Lipinski definition) is 2. The van der Waals surface area contributed by atoms with Gasteiger partial charge in [0.2, 0.25) is 0 Å². The van der Waals surface area contributed by atoms with Crippen LogP contribution >= 0.6 is 0 Å². The SMILES string of the molecule is COCc1ccccc1C(=O)N1C[C@H](O)C[C@H]1C(=O)O. The van der Waals surface area contributed by atoms with Crippen LogP contribution in [-0.4, -0.2) is 52.8 Å². The van der Waals surface area contributed by atoms with E-state index in [2.05, 4.69) is 0 Å². The number of rotatable bonds is 4. The first-order valence-electron chi connectivity index (χ1n) is 6.33. The number of methoxy groups -OCH3 is 1. The van der Waals surface area contributed by atoms with E-state index in [9.17, 15) is 14.7 Å². The molecule has 20 heavy (non-hydrogen) atoms. The van der Waals surface area contributed by atoms with Gasteiger partial charge in [-0.3, -0.25) is 4.79 Å². The number of aliphatic carboxylic acids is 1. The summed E-state index contributed by atoms with van der Waals surface area (Å²) in [4.78, 5) is 24.9. The van der Waals surface area contributed by atoms with Gasteiger partial charge in [0.15, 0.2) is 0 Å². The number of carbonyl (C=O) groups excluding carboxylic acids is 1. The van der Waals surface area contributed by atoms with Gasteiger partial charge in [0, 0.05) is 25.6 Å². The molecule has 0 unspecified atom stereocenters. The van der Waals surface area contributed by atoms with Crippen molar-refractivity contribution in [1.82, 2.24) is 4.90 Å². The fraction of sp³-hybridized carbons (Fsp3) is 0.429. The quantitative estimate of drug-likeness (QED) is 0.837. The van der Waals surface area contributed by atoms with E-state index in [1.54, 1.807) is 24.3 Å². The molecule has 1 aromatic rings. The fourth-order valence-electron chi connectivity index (χ4n) is 2.44. The van der Waals surface area contributed by atoms with E-state index in [0.717, 1.165) is 0 Å². The van der Waals surface area contributed by atoms with Gasteiger partial charge in [-0.15, -0.1) is 0 Å². The highest BCUT2D eigenvalue weighted by Gasteiger charge is 2.39. The van der Waals surface area contributed by atoms with Crippen molar-refractivity contribution < 1.29 is 24.5 Å². The third kappa shape index (κ3) is 2.81. The van der Waals surface area contributed by atoms with Crippen molar-refractivity contribution in [3.63, 3.8) is 0 Å². The van der Waals surface area contributed by atoms with Gasteiger partial charge in [0.25, 0.3) is 5.91 Å². The summed E-state index contributed by atoms with van der Waals surface area (Å²) in [6.07, 6.45) is -0.734. The lowest BCUT2D eigenvalue weighted by molar-refractivity contribution is -0.141. The van der Waals surface area contributed by atoms with Crippen molar-refractivity contribution in [2.24, 2.45) is 0 Å². The average Bonchev–Trinajstić information content (AvgIpc) is 2.81. The van der Waals surface area contributed by atoms with Crippen molar-refractivity contribution in [2.45, 2.75) is 25.2 Å². The summed E-state index contributed by atoms with van der Waals surface area (Å²) in [5.41, 5.74) is 1.11. The number of likely N-dealkylation sites (tertiary alicyclic amines) is 1. The number of carboxylic acids is 1. The lowest BCUT2D eigenvalue weighted by Gasteiger charge is -2.22. The van der Waals surface area contributed by atoms with Crippen LogP contribution in [-0.2, 0) is 16.1 Å². The minimum absolute atomic E-state index is 0.0388. The number of carboxylic acid groups (broad SMARTS) is 1. The molecule has 1 aliphatic rings. The van der Waals surface area contributed by atoms with Crippen molar-refractivity contribution in [1.29, 1.82) is 0 Å². The van der Waals surface area contributed by atoms with Crippen LogP contribution in [0.1, 0.15) is 22.3 Å². The van der Waals surface area contributed by atoms with Crippen LogP contribution in [0, 0.1) is 0 Å². The lowest BCUT2D eigenvalue weighted by atomic mass is 10.1. The molecule has 2 atom stereocenters. The third-order valence-electron chi connectivity index (χ3n) is 3.37. The smallest absolute Gasteiger partial charge is 0.326 e. The second-order valence-corrected chi connectivity index (χ2v) is 4.79. The highest BCUT2D eigenvalue weighted by molar-refractivity contribution is 5.98. The summed E-state index contributed by atoms with van der Waals surface area (Å²) >= 11 is 0. The van der Waals surface area contributed by atoms with Gasteiger partial charge in [0.05, 0.1) is 12.7 Å². The average molecular weight is 279 g/mol. The fourth-order valence-corrected chi connectivity index (χ4v) is 2.44. The molecule has 0 bridgehead atoms. The monoisotopic (exact) mass is 279 g/mol. The highest BCUT2D eigenvalue weighted by Crippen LogP contribution is 2.22. The summed E-state index contributed by atoms with van der Waals surface area (Å²) in [6, 6.07) is 5.93. The Morgan fingerprint density at radius 1 is 1.40 bits per heavy atom. The van der Waals surface area contributed by atoms with Crippen LogP contribution in [0.4, 0.5) is 0 Å². The molecule has 6 heteroatoms. The minimum atomic E-state index is -1.10. The van der Waals surface area contributed by atoms with Gasteiger partial charge in [-0.2, -0.15) is 0 Å². The largest absolute Gasteiger partial charge is 0.480 e. The number of nitrogens with zero attached hydrogens (tertiary/aromatic N) is 1. The van der Waals surface area contributed by atoms with Gasteiger partial charge >= 0.3 is 5.97 Å². The third-order valence-corrected chi connectivity index (χ3v) is 3.37. The normalized spacial score (nSPS) is 22.0. The maximum atomic E-state index is 12.5. The van der Waals surface area contributed by atoms with E-state index < -0.39 is 18.1 Å². The molecule has 0 aliphatic carbocycles.